The van der Waals surface area contributed by atoms with Crippen molar-refractivity contribution in [2.24, 2.45) is 0 Å². The third-order valence-electron chi connectivity index (χ3n) is 2.57. The van der Waals surface area contributed by atoms with Gasteiger partial charge in [-0.15, -0.1) is 0 Å². The molecule has 6 heteroatoms. The van der Waals surface area contributed by atoms with Crippen LogP contribution in [0.2, 0.25) is 0 Å². The average Bonchev–Trinajstić information content (AvgIpc) is 2.34. The number of nitro groups is 1. The molecule has 0 N–H and O–H groups in total. The molecule has 2 aromatic rings. The summed E-state index contributed by atoms with van der Waals surface area (Å²) in [6.07, 6.45) is 1.19. The molecule has 1 aromatic carbocycles. The lowest BCUT2D eigenvalue weighted by atomic mass is 10.2. The van der Waals surface area contributed by atoms with Gasteiger partial charge in [0.15, 0.2) is 0 Å². The van der Waals surface area contributed by atoms with Gasteiger partial charge in [0.25, 0.3) is 5.69 Å². The van der Waals surface area contributed by atoms with E-state index in [2.05, 4.69) is 20.9 Å². The average molecular weight is 323 g/mol. The van der Waals surface area contributed by atoms with Crippen LogP contribution in [0.15, 0.2) is 34.9 Å². The molecular formula is C13H11BrN2O3. The number of halogens is 1. The Morgan fingerprint density at radius 1 is 1.26 bits per heavy atom. The third-order valence-corrected chi connectivity index (χ3v) is 3.06. The van der Waals surface area contributed by atoms with Gasteiger partial charge in [-0.2, -0.15) is 0 Å². The summed E-state index contributed by atoms with van der Waals surface area (Å²) >= 11 is 3.38. The number of benzene rings is 1. The second kappa shape index (κ2) is 5.36. The summed E-state index contributed by atoms with van der Waals surface area (Å²) in [6, 6.07) is 7.05. The number of aromatic nitrogens is 1. The number of aryl methyl sites for hydroxylation is 2. The van der Waals surface area contributed by atoms with Crippen molar-refractivity contribution in [3.63, 3.8) is 0 Å². The Balaban J connectivity index is 2.31. The maximum atomic E-state index is 10.6. The van der Waals surface area contributed by atoms with Crippen LogP contribution in [-0.4, -0.2) is 9.91 Å². The number of hydrogen-bond acceptors (Lipinski definition) is 4. The van der Waals surface area contributed by atoms with E-state index in [1.165, 1.54) is 12.3 Å². The first-order chi connectivity index (χ1) is 8.97. The second-order valence-corrected chi connectivity index (χ2v) is 5.00. The van der Waals surface area contributed by atoms with Gasteiger partial charge in [0.05, 0.1) is 4.92 Å². The van der Waals surface area contributed by atoms with Crippen LogP contribution in [0.25, 0.3) is 0 Å². The second-order valence-electron chi connectivity index (χ2n) is 4.08. The van der Waals surface area contributed by atoms with Crippen molar-refractivity contribution in [3.05, 3.63) is 56.2 Å². The van der Waals surface area contributed by atoms with Crippen LogP contribution < -0.4 is 4.74 Å². The molecule has 1 aromatic heterocycles. The smallest absolute Gasteiger partial charge is 0.288 e. The van der Waals surface area contributed by atoms with Gasteiger partial charge in [0, 0.05) is 16.1 Å². The lowest BCUT2D eigenvalue weighted by Crippen LogP contribution is -1.96. The SMILES string of the molecule is Cc1cc(Br)ccc1Oc1ncc([N+](=O)[O-])cc1C. The summed E-state index contributed by atoms with van der Waals surface area (Å²) in [5, 5.41) is 10.6. The van der Waals surface area contributed by atoms with Gasteiger partial charge in [0.2, 0.25) is 5.88 Å². The lowest BCUT2D eigenvalue weighted by molar-refractivity contribution is -0.385. The summed E-state index contributed by atoms with van der Waals surface area (Å²) in [5.41, 5.74) is 1.53. The quantitative estimate of drug-likeness (QED) is 0.628. The standard InChI is InChI=1S/C13H11BrN2O3/c1-8-5-10(14)3-4-12(8)19-13-9(2)6-11(7-15-13)16(17)18/h3-7H,1-2H3. The van der Waals surface area contributed by atoms with Gasteiger partial charge < -0.3 is 4.74 Å². The molecule has 0 aliphatic heterocycles. The van der Waals surface area contributed by atoms with Crippen molar-refractivity contribution >= 4 is 21.6 Å². The van der Waals surface area contributed by atoms with E-state index in [0.717, 1.165) is 10.0 Å². The van der Waals surface area contributed by atoms with E-state index in [1.54, 1.807) is 6.92 Å². The first kappa shape index (κ1) is 13.5. The maximum absolute atomic E-state index is 10.6. The first-order valence-corrected chi connectivity index (χ1v) is 6.31. The van der Waals surface area contributed by atoms with Gasteiger partial charge in [-0.3, -0.25) is 10.1 Å². The highest BCUT2D eigenvalue weighted by molar-refractivity contribution is 9.10. The molecule has 0 bridgehead atoms. The minimum atomic E-state index is -0.478. The Morgan fingerprint density at radius 3 is 2.58 bits per heavy atom. The zero-order valence-corrected chi connectivity index (χ0v) is 12.0. The van der Waals surface area contributed by atoms with Gasteiger partial charge in [-0.25, -0.2) is 4.98 Å². The minimum absolute atomic E-state index is 0.0441. The monoisotopic (exact) mass is 322 g/mol. The Hall–Kier alpha value is -1.95. The summed E-state index contributed by atoms with van der Waals surface area (Å²) in [5.74, 6) is 1.05. The molecule has 0 aliphatic carbocycles. The van der Waals surface area contributed by atoms with Crippen LogP contribution >= 0.6 is 15.9 Å². The molecule has 5 nitrogen and oxygen atoms in total. The van der Waals surface area contributed by atoms with Crippen LogP contribution in [0.1, 0.15) is 11.1 Å². The highest BCUT2D eigenvalue weighted by Crippen LogP contribution is 2.29. The van der Waals surface area contributed by atoms with Gasteiger partial charge in [0.1, 0.15) is 11.9 Å². The van der Waals surface area contributed by atoms with Crippen LogP contribution in [-0.2, 0) is 0 Å². The van der Waals surface area contributed by atoms with Crippen molar-refractivity contribution in [2.45, 2.75) is 13.8 Å². The number of pyridine rings is 1. The molecule has 98 valence electrons. The number of ether oxygens (including phenoxy) is 1. The highest BCUT2D eigenvalue weighted by atomic mass is 79.9. The topological polar surface area (TPSA) is 65.3 Å². The summed E-state index contributed by atoms with van der Waals surface area (Å²) in [7, 11) is 0. The van der Waals surface area contributed by atoms with E-state index in [0.29, 0.717) is 17.2 Å². The van der Waals surface area contributed by atoms with Crippen LogP contribution in [0.5, 0.6) is 11.6 Å². The molecule has 0 saturated heterocycles. The molecule has 0 aliphatic rings. The molecule has 19 heavy (non-hydrogen) atoms. The summed E-state index contributed by atoms with van der Waals surface area (Å²) in [6.45, 7) is 3.64. The van der Waals surface area contributed by atoms with E-state index in [4.69, 9.17) is 4.74 Å². The molecule has 0 fully saturated rings. The van der Waals surface area contributed by atoms with Crippen molar-refractivity contribution < 1.29 is 9.66 Å². The van der Waals surface area contributed by atoms with Gasteiger partial charge in [-0.05, 0) is 37.6 Å². The molecule has 0 radical (unpaired) electrons. The predicted molar refractivity (Wildman–Crippen MR) is 74.6 cm³/mol. The van der Waals surface area contributed by atoms with E-state index in [-0.39, 0.29) is 5.69 Å². The Morgan fingerprint density at radius 2 is 2.00 bits per heavy atom. The minimum Gasteiger partial charge on any atom is -0.438 e. The fourth-order valence-electron chi connectivity index (χ4n) is 1.59. The van der Waals surface area contributed by atoms with Crippen LogP contribution in [0, 0.1) is 24.0 Å². The van der Waals surface area contributed by atoms with Crippen molar-refractivity contribution in [2.75, 3.05) is 0 Å². The van der Waals surface area contributed by atoms with E-state index < -0.39 is 4.92 Å². The van der Waals surface area contributed by atoms with Crippen molar-refractivity contribution in [1.29, 1.82) is 0 Å². The largest absolute Gasteiger partial charge is 0.438 e. The zero-order chi connectivity index (χ0) is 14.0. The van der Waals surface area contributed by atoms with Crippen LogP contribution in [0.3, 0.4) is 0 Å². The highest BCUT2D eigenvalue weighted by Gasteiger charge is 2.11. The molecule has 0 saturated carbocycles. The molecule has 1 heterocycles. The van der Waals surface area contributed by atoms with Crippen LogP contribution in [0.4, 0.5) is 5.69 Å². The Bertz CT molecular complexity index is 644. The maximum Gasteiger partial charge on any atom is 0.288 e. The third kappa shape index (κ3) is 3.08. The lowest BCUT2D eigenvalue weighted by Gasteiger charge is -2.09. The predicted octanol–water partition coefficient (Wildman–Crippen LogP) is 4.16. The summed E-state index contributed by atoms with van der Waals surface area (Å²) in [4.78, 5) is 14.1. The molecule has 0 amide bonds. The molecule has 0 spiro atoms. The molecule has 2 rings (SSSR count). The Kier molecular flexibility index (Phi) is 3.80. The molecular weight excluding hydrogens is 312 g/mol. The summed E-state index contributed by atoms with van der Waals surface area (Å²) < 4.78 is 6.64. The normalized spacial score (nSPS) is 10.3. The number of rotatable bonds is 3. The molecule has 0 atom stereocenters. The fourth-order valence-corrected chi connectivity index (χ4v) is 2.06. The molecule has 0 unspecified atom stereocenters. The van der Waals surface area contributed by atoms with Gasteiger partial charge >= 0.3 is 0 Å². The Labute approximate surface area is 118 Å². The number of hydrogen-bond donors (Lipinski definition) is 0. The zero-order valence-electron chi connectivity index (χ0n) is 10.4. The van der Waals surface area contributed by atoms with E-state index in [1.807, 2.05) is 25.1 Å². The number of nitrogens with zero attached hydrogens (tertiary/aromatic N) is 2. The van der Waals surface area contributed by atoms with Crippen molar-refractivity contribution in [3.8, 4) is 11.6 Å². The van der Waals surface area contributed by atoms with E-state index >= 15 is 0 Å². The fraction of sp³-hybridized carbons (Fsp3) is 0.154. The van der Waals surface area contributed by atoms with Crippen molar-refractivity contribution in [1.82, 2.24) is 4.98 Å². The van der Waals surface area contributed by atoms with E-state index in [9.17, 15) is 10.1 Å². The first-order valence-electron chi connectivity index (χ1n) is 5.52. The van der Waals surface area contributed by atoms with Gasteiger partial charge in [-0.1, -0.05) is 15.9 Å².